The number of hydrogen-bond donors (Lipinski definition) is 3. The molecule has 2 amide bonds. The summed E-state index contributed by atoms with van der Waals surface area (Å²) < 4.78 is 5.56. The van der Waals surface area contributed by atoms with Crippen molar-refractivity contribution in [1.82, 2.24) is 10.6 Å². The Balaban J connectivity index is 1.49. The van der Waals surface area contributed by atoms with Gasteiger partial charge >= 0.3 is 12.1 Å². The molecule has 2 aromatic rings. The van der Waals surface area contributed by atoms with Crippen molar-refractivity contribution in [2.75, 3.05) is 19.7 Å². The van der Waals surface area contributed by atoms with Crippen LogP contribution in [0.5, 0.6) is 0 Å². The molecular formula is C27H34N2O5. The Kier molecular flexibility index (Phi) is 8.68. The maximum absolute atomic E-state index is 12.6. The molecule has 0 spiro atoms. The number of hydrogen-bond acceptors (Lipinski definition) is 4. The van der Waals surface area contributed by atoms with E-state index in [9.17, 15) is 14.4 Å². The van der Waals surface area contributed by atoms with Crippen LogP contribution in [0.2, 0.25) is 0 Å². The Morgan fingerprint density at radius 2 is 1.53 bits per heavy atom. The third-order valence-electron chi connectivity index (χ3n) is 6.49. The fourth-order valence-corrected chi connectivity index (χ4v) is 4.35. The van der Waals surface area contributed by atoms with Crippen LogP contribution in [0, 0.1) is 17.8 Å². The van der Waals surface area contributed by atoms with Gasteiger partial charge in [-0.2, -0.15) is 0 Å². The van der Waals surface area contributed by atoms with E-state index in [-0.39, 0.29) is 30.9 Å². The molecule has 0 heterocycles. The van der Waals surface area contributed by atoms with E-state index in [1.165, 1.54) is 11.1 Å². The number of carbonyl (C=O) groups is 3. The van der Waals surface area contributed by atoms with Crippen molar-refractivity contribution in [2.24, 2.45) is 17.8 Å². The number of fused-ring (bicyclic) bond motifs is 3. The maximum Gasteiger partial charge on any atom is 0.407 e. The van der Waals surface area contributed by atoms with Gasteiger partial charge in [-0.3, -0.25) is 9.59 Å². The van der Waals surface area contributed by atoms with Crippen LogP contribution in [0.25, 0.3) is 11.1 Å². The number of ether oxygens (including phenoxy) is 1. The molecule has 34 heavy (non-hydrogen) atoms. The van der Waals surface area contributed by atoms with E-state index < -0.39 is 23.9 Å². The van der Waals surface area contributed by atoms with Gasteiger partial charge < -0.3 is 20.5 Å². The molecule has 1 aliphatic carbocycles. The molecule has 7 heteroatoms. The van der Waals surface area contributed by atoms with Crippen LogP contribution in [0.3, 0.4) is 0 Å². The third-order valence-corrected chi connectivity index (χ3v) is 6.49. The van der Waals surface area contributed by atoms with Crippen LogP contribution in [0.1, 0.15) is 50.7 Å². The zero-order chi connectivity index (χ0) is 24.7. The number of aliphatic carboxylic acids is 1. The Morgan fingerprint density at radius 1 is 0.941 bits per heavy atom. The summed E-state index contributed by atoms with van der Waals surface area (Å²) in [6.07, 6.45) is 0.541. The lowest BCUT2D eigenvalue weighted by Gasteiger charge is -2.21. The molecule has 0 aromatic heterocycles. The van der Waals surface area contributed by atoms with Crippen LogP contribution < -0.4 is 10.6 Å². The molecule has 2 atom stereocenters. The van der Waals surface area contributed by atoms with Gasteiger partial charge in [-0.05, 0) is 41.0 Å². The molecule has 0 aliphatic heterocycles. The number of nitrogens with one attached hydrogen (secondary N) is 2. The quantitative estimate of drug-likeness (QED) is 0.426. The summed E-state index contributed by atoms with van der Waals surface area (Å²) in [5.74, 6) is -1.83. The fourth-order valence-electron chi connectivity index (χ4n) is 4.35. The van der Waals surface area contributed by atoms with Gasteiger partial charge in [-0.15, -0.1) is 0 Å². The first kappa shape index (κ1) is 25.3. The molecule has 0 fully saturated rings. The zero-order valence-corrected chi connectivity index (χ0v) is 20.0. The predicted molar refractivity (Wildman–Crippen MR) is 130 cm³/mol. The van der Waals surface area contributed by atoms with Crippen molar-refractivity contribution in [3.63, 3.8) is 0 Å². The Hall–Kier alpha value is -3.35. The van der Waals surface area contributed by atoms with Gasteiger partial charge in [0.05, 0.1) is 11.8 Å². The number of carboxylic acid groups (broad SMARTS) is 1. The smallest absolute Gasteiger partial charge is 0.407 e. The van der Waals surface area contributed by atoms with Crippen LogP contribution in [-0.4, -0.2) is 42.8 Å². The maximum atomic E-state index is 12.6. The first-order valence-electron chi connectivity index (χ1n) is 11.9. The molecule has 0 radical (unpaired) electrons. The lowest BCUT2D eigenvalue weighted by atomic mass is 9.94. The normalized spacial score (nSPS) is 14.1. The summed E-state index contributed by atoms with van der Waals surface area (Å²) in [6.45, 7) is 6.31. The highest BCUT2D eigenvalue weighted by Crippen LogP contribution is 2.44. The highest BCUT2D eigenvalue weighted by molar-refractivity contribution is 5.80. The molecule has 3 rings (SSSR count). The number of amides is 2. The van der Waals surface area contributed by atoms with Crippen LogP contribution in [-0.2, 0) is 14.3 Å². The number of carboxylic acids is 1. The summed E-state index contributed by atoms with van der Waals surface area (Å²) in [6, 6.07) is 16.3. The Morgan fingerprint density at radius 3 is 2.09 bits per heavy atom. The van der Waals surface area contributed by atoms with Crippen LogP contribution in [0.4, 0.5) is 4.79 Å². The minimum Gasteiger partial charge on any atom is -0.481 e. The molecule has 0 bridgehead atoms. The zero-order valence-electron chi connectivity index (χ0n) is 20.0. The molecule has 7 nitrogen and oxygen atoms in total. The van der Waals surface area contributed by atoms with Crippen molar-refractivity contribution in [2.45, 2.75) is 39.5 Å². The predicted octanol–water partition coefficient (Wildman–Crippen LogP) is 4.41. The van der Waals surface area contributed by atoms with Gasteiger partial charge in [0.25, 0.3) is 0 Å². The second kappa shape index (κ2) is 11.7. The monoisotopic (exact) mass is 466 g/mol. The van der Waals surface area contributed by atoms with Gasteiger partial charge in [0.2, 0.25) is 5.91 Å². The van der Waals surface area contributed by atoms with E-state index in [2.05, 4.69) is 34.9 Å². The van der Waals surface area contributed by atoms with Gasteiger partial charge in [0, 0.05) is 19.0 Å². The van der Waals surface area contributed by atoms with Gasteiger partial charge in [-0.1, -0.05) is 69.3 Å². The third kappa shape index (κ3) is 6.16. The summed E-state index contributed by atoms with van der Waals surface area (Å²) in [5.41, 5.74) is 4.63. The lowest BCUT2D eigenvalue weighted by molar-refractivity contribution is -0.141. The van der Waals surface area contributed by atoms with Crippen LogP contribution in [0.15, 0.2) is 48.5 Å². The summed E-state index contributed by atoms with van der Waals surface area (Å²) in [5, 5.41) is 14.5. The SMILES string of the molecule is CC(CCCNC(=O)C(CNC(=O)OCC1c2ccccc2-c2ccccc21)C(C)C)C(=O)O. The number of rotatable bonds is 11. The Bertz CT molecular complexity index is 974. The molecular weight excluding hydrogens is 432 g/mol. The van der Waals surface area contributed by atoms with E-state index in [4.69, 9.17) is 9.84 Å². The summed E-state index contributed by atoms with van der Waals surface area (Å²) >= 11 is 0. The van der Waals surface area contributed by atoms with Crippen LogP contribution >= 0.6 is 0 Å². The van der Waals surface area contributed by atoms with Crippen molar-refractivity contribution in [3.05, 3.63) is 59.7 Å². The number of benzene rings is 2. The molecule has 182 valence electrons. The fraction of sp³-hybridized carbons (Fsp3) is 0.444. The average molecular weight is 467 g/mol. The molecule has 0 saturated heterocycles. The lowest BCUT2D eigenvalue weighted by Crippen LogP contribution is -2.42. The largest absolute Gasteiger partial charge is 0.481 e. The minimum absolute atomic E-state index is 0.0180. The van der Waals surface area contributed by atoms with E-state index >= 15 is 0 Å². The van der Waals surface area contributed by atoms with Gasteiger partial charge in [0.1, 0.15) is 6.61 Å². The molecule has 2 unspecified atom stereocenters. The highest BCUT2D eigenvalue weighted by Gasteiger charge is 2.29. The summed E-state index contributed by atoms with van der Waals surface area (Å²) in [4.78, 5) is 35.9. The average Bonchev–Trinajstić information content (AvgIpc) is 3.14. The van der Waals surface area contributed by atoms with E-state index in [1.807, 2.05) is 38.1 Å². The molecule has 1 aliphatic rings. The highest BCUT2D eigenvalue weighted by atomic mass is 16.5. The summed E-state index contributed by atoms with van der Waals surface area (Å²) in [7, 11) is 0. The first-order valence-corrected chi connectivity index (χ1v) is 11.9. The molecule has 0 saturated carbocycles. The van der Waals surface area contributed by atoms with E-state index in [0.717, 1.165) is 11.1 Å². The molecule has 2 aromatic carbocycles. The van der Waals surface area contributed by atoms with Crippen molar-refractivity contribution in [3.8, 4) is 11.1 Å². The van der Waals surface area contributed by atoms with E-state index in [1.54, 1.807) is 6.92 Å². The first-order chi connectivity index (χ1) is 16.3. The van der Waals surface area contributed by atoms with E-state index in [0.29, 0.717) is 19.4 Å². The Labute approximate surface area is 200 Å². The van der Waals surface area contributed by atoms with Gasteiger partial charge in [0.15, 0.2) is 0 Å². The molecule has 3 N–H and O–H groups in total. The van der Waals surface area contributed by atoms with Gasteiger partial charge in [-0.25, -0.2) is 4.79 Å². The number of alkyl carbamates (subject to hydrolysis) is 1. The standard InChI is InChI=1S/C27H34N2O5/c1-17(2)23(25(30)28-14-8-9-18(3)26(31)32)15-29-27(33)34-16-24-21-12-6-4-10-19(21)20-11-5-7-13-22(20)24/h4-7,10-13,17-18,23-24H,8-9,14-16H2,1-3H3,(H,28,30)(H,29,33)(H,31,32). The van der Waals surface area contributed by atoms with Crippen molar-refractivity contribution in [1.29, 1.82) is 0 Å². The minimum atomic E-state index is -0.835. The number of carbonyl (C=O) groups excluding carboxylic acids is 2. The van der Waals surface area contributed by atoms with Crippen molar-refractivity contribution >= 4 is 18.0 Å². The second-order valence-corrected chi connectivity index (χ2v) is 9.23. The topological polar surface area (TPSA) is 105 Å². The van der Waals surface area contributed by atoms with Crippen molar-refractivity contribution < 1.29 is 24.2 Å². The second-order valence-electron chi connectivity index (χ2n) is 9.23.